The van der Waals surface area contributed by atoms with Crippen LogP contribution in [0.15, 0.2) is 4.42 Å². The number of nitrogens with one attached hydrogen (secondary N) is 1. The molecule has 1 aliphatic heterocycles. The average molecular weight is 335 g/mol. The molecule has 1 aromatic heterocycles. The van der Waals surface area contributed by atoms with E-state index in [4.69, 9.17) is 4.42 Å². The van der Waals surface area contributed by atoms with Crippen molar-refractivity contribution in [1.29, 1.82) is 0 Å². The van der Waals surface area contributed by atoms with Gasteiger partial charge in [0.25, 0.3) is 0 Å². The topological polar surface area (TPSA) is 75.4 Å². The van der Waals surface area contributed by atoms with Gasteiger partial charge in [-0.3, -0.25) is 9.59 Å². The molecule has 0 bridgehead atoms. The molecule has 6 nitrogen and oxygen atoms in total. The Kier molecular flexibility index (Phi) is 6.02. The van der Waals surface area contributed by atoms with Gasteiger partial charge in [0.1, 0.15) is 5.76 Å². The fourth-order valence-electron chi connectivity index (χ4n) is 2.73. The van der Waals surface area contributed by atoms with Gasteiger partial charge in [-0.05, 0) is 19.8 Å². The number of nitrogens with zero attached hydrogens (tertiary/aromatic N) is 2. The number of amides is 2. The van der Waals surface area contributed by atoms with Crippen LogP contribution < -0.4 is 5.32 Å². The molecular weight excluding hydrogens is 306 g/mol. The van der Waals surface area contributed by atoms with Crippen molar-refractivity contribution in [3.63, 3.8) is 0 Å². The van der Waals surface area contributed by atoms with Gasteiger partial charge in [0.05, 0.1) is 5.69 Å². The van der Waals surface area contributed by atoms with Crippen LogP contribution in [0.2, 0.25) is 0 Å². The number of hydrogen-bond acceptors (Lipinski definition) is 4. The lowest BCUT2D eigenvalue weighted by molar-refractivity contribution is -0.127. The monoisotopic (exact) mass is 335 g/mol. The van der Waals surface area contributed by atoms with Crippen LogP contribution in [0.25, 0.3) is 0 Å². The van der Waals surface area contributed by atoms with Crippen LogP contribution in [0.4, 0.5) is 0 Å². The summed E-state index contributed by atoms with van der Waals surface area (Å²) in [6, 6.07) is 0. The highest BCUT2D eigenvalue weighted by Crippen LogP contribution is 2.24. The Hall–Kier alpha value is -1.85. The number of aryl methyl sites for hydroxylation is 2. The number of likely N-dealkylation sites (tertiary alicyclic amines) is 1. The van der Waals surface area contributed by atoms with Crippen molar-refractivity contribution >= 4 is 11.8 Å². The van der Waals surface area contributed by atoms with Crippen molar-refractivity contribution in [1.82, 2.24) is 15.2 Å². The van der Waals surface area contributed by atoms with Crippen LogP contribution >= 0.6 is 0 Å². The second-order valence-corrected chi connectivity index (χ2v) is 7.47. The molecule has 0 radical (unpaired) electrons. The maximum atomic E-state index is 11.9. The van der Waals surface area contributed by atoms with E-state index in [1.54, 1.807) is 0 Å². The molecule has 0 aliphatic carbocycles. The maximum Gasteiger partial charge on any atom is 0.222 e. The summed E-state index contributed by atoms with van der Waals surface area (Å²) in [5.74, 6) is 1.75. The van der Waals surface area contributed by atoms with E-state index in [0.717, 1.165) is 37.4 Å². The van der Waals surface area contributed by atoms with E-state index < -0.39 is 0 Å². The SMILES string of the molecule is Cc1nc(C(C)(C)C)oc1CCC(=O)NCCCN1CCCC1=O. The normalized spacial score (nSPS) is 15.2. The van der Waals surface area contributed by atoms with E-state index in [9.17, 15) is 9.59 Å². The summed E-state index contributed by atoms with van der Waals surface area (Å²) in [6.45, 7) is 10.3. The van der Waals surface area contributed by atoms with Gasteiger partial charge in [0.2, 0.25) is 11.8 Å². The highest BCUT2D eigenvalue weighted by molar-refractivity contribution is 5.78. The lowest BCUT2D eigenvalue weighted by Gasteiger charge is -2.15. The fraction of sp³-hybridized carbons (Fsp3) is 0.722. The number of carbonyl (C=O) groups excluding carboxylic acids is 2. The summed E-state index contributed by atoms with van der Waals surface area (Å²) in [4.78, 5) is 29.8. The summed E-state index contributed by atoms with van der Waals surface area (Å²) < 4.78 is 5.80. The van der Waals surface area contributed by atoms with Crippen LogP contribution in [-0.2, 0) is 21.4 Å². The molecule has 2 amide bonds. The third-order valence-electron chi connectivity index (χ3n) is 4.21. The molecule has 2 heterocycles. The standard InChI is InChI=1S/C18H29N3O3/c1-13-14(24-17(20-13)18(2,3)4)8-9-15(22)19-10-6-12-21-11-5-7-16(21)23/h5-12H2,1-4H3,(H,19,22). The highest BCUT2D eigenvalue weighted by atomic mass is 16.4. The molecule has 2 rings (SSSR count). The van der Waals surface area contributed by atoms with Crippen LogP contribution in [0.5, 0.6) is 0 Å². The van der Waals surface area contributed by atoms with Gasteiger partial charge in [-0.1, -0.05) is 20.8 Å². The second-order valence-electron chi connectivity index (χ2n) is 7.47. The number of carbonyl (C=O) groups is 2. The summed E-state index contributed by atoms with van der Waals surface area (Å²) >= 11 is 0. The zero-order valence-electron chi connectivity index (χ0n) is 15.3. The van der Waals surface area contributed by atoms with Crippen molar-refractivity contribution in [2.75, 3.05) is 19.6 Å². The van der Waals surface area contributed by atoms with Gasteiger partial charge >= 0.3 is 0 Å². The van der Waals surface area contributed by atoms with E-state index in [1.165, 1.54) is 0 Å². The van der Waals surface area contributed by atoms with Crippen molar-refractivity contribution in [3.05, 3.63) is 17.3 Å². The van der Waals surface area contributed by atoms with E-state index >= 15 is 0 Å². The van der Waals surface area contributed by atoms with Crippen molar-refractivity contribution in [2.24, 2.45) is 0 Å². The van der Waals surface area contributed by atoms with Gasteiger partial charge in [0.15, 0.2) is 5.89 Å². The van der Waals surface area contributed by atoms with Gasteiger partial charge in [-0.15, -0.1) is 0 Å². The largest absolute Gasteiger partial charge is 0.445 e. The predicted molar refractivity (Wildman–Crippen MR) is 91.7 cm³/mol. The minimum absolute atomic E-state index is 0.0101. The van der Waals surface area contributed by atoms with Crippen molar-refractivity contribution in [2.45, 2.75) is 65.2 Å². The fourth-order valence-corrected chi connectivity index (χ4v) is 2.73. The lowest BCUT2D eigenvalue weighted by Crippen LogP contribution is -2.30. The van der Waals surface area contributed by atoms with Crippen LogP contribution in [0.3, 0.4) is 0 Å². The molecular formula is C18H29N3O3. The van der Waals surface area contributed by atoms with Crippen LogP contribution in [0.1, 0.15) is 63.8 Å². The van der Waals surface area contributed by atoms with Crippen LogP contribution in [-0.4, -0.2) is 41.3 Å². The molecule has 1 aromatic rings. The number of aromatic nitrogens is 1. The molecule has 1 saturated heterocycles. The Morgan fingerprint density at radius 3 is 2.71 bits per heavy atom. The zero-order chi connectivity index (χ0) is 17.7. The Morgan fingerprint density at radius 1 is 1.38 bits per heavy atom. The first-order valence-electron chi connectivity index (χ1n) is 8.78. The third-order valence-corrected chi connectivity index (χ3v) is 4.21. The third kappa shape index (κ3) is 5.08. The minimum atomic E-state index is -0.127. The first-order valence-corrected chi connectivity index (χ1v) is 8.78. The quantitative estimate of drug-likeness (QED) is 0.776. The molecule has 1 fully saturated rings. The highest BCUT2D eigenvalue weighted by Gasteiger charge is 2.22. The van der Waals surface area contributed by atoms with Gasteiger partial charge in [-0.2, -0.15) is 0 Å². The van der Waals surface area contributed by atoms with E-state index in [1.807, 2.05) is 11.8 Å². The molecule has 0 unspecified atom stereocenters. The average Bonchev–Trinajstić information content (AvgIpc) is 3.07. The molecule has 6 heteroatoms. The Bertz CT molecular complexity index is 587. The molecule has 0 spiro atoms. The molecule has 0 aromatic carbocycles. The van der Waals surface area contributed by atoms with Gasteiger partial charge in [-0.25, -0.2) is 4.98 Å². The number of rotatable bonds is 7. The van der Waals surface area contributed by atoms with Gasteiger partial charge in [0, 0.05) is 44.3 Å². The first kappa shape index (κ1) is 18.5. The summed E-state index contributed by atoms with van der Waals surface area (Å²) in [7, 11) is 0. The molecule has 1 aliphatic rings. The first-order chi connectivity index (χ1) is 11.3. The van der Waals surface area contributed by atoms with E-state index in [-0.39, 0.29) is 17.2 Å². The Morgan fingerprint density at radius 2 is 2.12 bits per heavy atom. The molecule has 24 heavy (non-hydrogen) atoms. The molecule has 134 valence electrons. The second kappa shape index (κ2) is 7.81. The maximum absolute atomic E-state index is 11.9. The number of hydrogen-bond donors (Lipinski definition) is 1. The Balaban J connectivity index is 1.68. The molecule has 1 N–H and O–H groups in total. The number of oxazole rings is 1. The van der Waals surface area contributed by atoms with E-state index in [0.29, 0.717) is 31.7 Å². The van der Waals surface area contributed by atoms with Crippen LogP contribution in [0, 0.1) is 6.92 Å². The Labute approximate surface area is 144 Å². The lowest BCUT2D eigenvalue weighted by atomic mass is 9.97. The van der Waals surface area contributed by atoms with E-state index in [2.05, 4.69) is 31.1 Å². The summed E-state index contributed by atoms with van der Waals surface area (Å²) in [6.07, 6.45) is 3.37. The predicted octanol–water partition coefficient (Wildman–Crippen LogP) is 2.34. The zero-order valence-corrected chi connectivity index (χ0v) is 15.3. The van der Waals surface area contributed by atoms with Crippen molar-refractivity contribution in [3.8, 4) is 0 Å². The summed E-state index contributed by atoms with van der Waals surface area (Å²) in [5.41, 5.74) is 0.735. The van der Waals surface area contributed by atoms with Gasteiger partial charge < -0.3 is 14.6 Å². The molecule has 0 atom stereocenters. The van der Waals surface area contributed by atoms with Crippen molar-refractivity contribution < 1.29 is 14.0 Å². The molecule has 0 saturated carbocycles. The smallest absolute Gasteiger partial charge is 0.222 e. The summed E-state index contributed by atoms with van der Waals surface area (Å²) in [5, 5.41) is 2.91. The minimum Gasteiger partial charge on any atom is -0.445 e.